The molecule has 0 fully saturated rings. The monoisotopic (exact) mass is 543 g/mol. The van der Waals surface area contributed by atoms with E-state index in [4.69, 9.17) is 10.1 Å². The molecule has 2 N–H and O–H groups in total. The van der Waals surface area contributed by atoms with Crippen LogP contribution in [0.5, 0.6) is 0 Å². The van der Waals surface area contributed by atoms with E-state index >= 15 is 0 Å². The highest BCUT2D eigenvalue weighted by Crippen LogP contribution is 2.30. The molecule has 0 aliphatic carbocycles. The Morgan fingerprint density at radius 2 is 1.66 bits per heavy atom. The first-order valence-corrected chi connectivity index (χ1v) is 13.2. The van der Waals surface area contributed by atoms with Crippen LogP contribution >= 0.6 is 0 Å². The summed E-state index contributed by atoms with van der Waals surface area (Å²) in [6.07, 6.45) is 1.73. The van der Waals surface area contributed by atoms with Crippen LogP contribution < -0.4 is 5.32 Å². The summed E-state index contributed by atoms with van der Waals surface area (Å²) in [5.41, 5.74) is 4.42. The molecule has 1 amide bonds. The van der Waals surface area contributed by atoms with E-state index < -0.39 is 5.97 Å². The fourth-order valence-corrected chi connectivity index (χ4v) is 5.13. The largest absolute Gasteiger partial charge is 0.478 e. The van der Waals surface area contributed by atoms with Crippen molar-refractivity contribution < 1.29 is 19.1 Å². The lowest BCUT2D eigenvalue weighted by molar-refractivity contribution is 0.0696. The van der Waals surface area contributed by atoms with E-state index in [-0.39, 0.29) is 29.8 Å². The van der Waals surface area contributed by atoms with Gasteiger partial charge < -0.3 is 10.4 Å². The van der Waals surface area contributed by atoms with Gasteiger partial charge in [-0.25, -0.2) is 14.2 Å². The Kier molecular flexibility index (Phi) is 6.77. The van der Waals surface area contributed by atoms with Crippen molar-refractivity contribution in [2.45, 2.75) is 19.4 Å². The number of carbonyl (C=O) groups excluding carboxylic acids is 1. The number of nitrogens with one attached hydrogen (secondary N) is 1. The highest BCUT2D eigenvalue weighted by Gasteiger charge is 2.21. The third-order valence-electron chi connectivity index (χ3n) is 7.36. The molecule has 4 aromatic carbocycles. The second-order valence-electron chi connectivity index (χ2n) is 10.0. The first-order valence-electron chi connectivity index (χ1n) is 13.2. The minimum atomic E-state index is -1.01. The molecule has 0 spiro atoms. The number of fused-ring (bicyclic) bond motifs is 2. The van der Waals surface area contributed by atoms with Crippen LogP contribution in [0.15, 0.2) is 109 Å². The number of halogens is 1. The number of pyridine rings is 1. The summed E-state index contributed by atoms with van der Waals surface area (Å²) in [5, 5.41) is 14.4. The Bertz CT molecular complexity index is 1930. The topological polar surface area (TPSA) is 83.7 Å². The van der Waals surface area contributed by atoms with Crippen molar-refractivity contribution in [1.29, 1.82) is 0 Å². The fraction of sp³-hybridized carbons (Fsp3) is 0.0882. The van der Waals surface area contributed by atoms with E-state index in [9.17, 15) is 14.0 Å². The highest BCUT2D eigenvalue weighted by atomic mass is 19.1. The van der Waals surface area contributed by atoms with Crippen LogP contribution in [0.25, 0.3) is 27.4 Å². The van der Waals surface area contributed by atoms with Gasteiger partial charge in [0.1, 0.15) is 17.3 Å². The Morgan fingerprint density at radius 1 is 0.878 bits per heavy atom. The van der Waals surface area contributed by atoms with E-state index in [1.165, 1.54) is 24.3 Å². The number of benzene rings is 4. The zero-order valence-corrected chi connectivity index (χ0v) is 22.2. The number of carboxylic acid groups (broad SMARTS) is 1. The van der Waals surface area contributed by atoms with Crippen LogP contribution in [0.1, 0.15) is 50.6 Å². The summed E-state index contributed by atoms with van der Waals surface area (Å²) >= 11 is 0. The zero-order valence-electron chi connectivity index (χ0n) is 22.2. The predicted octanol–water partition coefficient (Wildman–Crippen LogP) is 7.07. The predicted molar refractivity (Wildman–Crippen MR) is 157 cm³/mol. The van der Waals surface area contributed by atoms with Crippen LogP contribution in [-0.4, -0.2) is 26.4 Å². The molecular weight excluding hydrogens is 517 g/mol. The van der Waals surface area contributed by atoms with Crippen molar-refractivity contribution in [2.75, 3.05) is 0 Å². The number of aromatic nitrogens is 2. The Hall–Kier alpha value is -5.30. The van der Waals surface area contributed by atoms with Gasteiger partial charge in [0.05, 0.1) is 17.3 Å². The molecule has 6 aromatic rings. The SMILES string of the molecule is C[C@@H](c1ccc2ccccc2c1)c1ncc2cc(-c3cccc(F)c3)cc(C(=O)NCc3ccc(C(=O)O)cc3)n12. The minimum absolute atomic E-state index is 0.128. The van der Waals surface area contributed by atoms with Crippen molar-refractivity contribution in [1.82, 2.24) is 14.7 Å². The maximum absolute atomic E-state index is 14.1. The second-order valence-corrected chi connectivity index (χ2v) is 10.0. The Morgan fingerprint density at radius 3 is 2.41 bits per heavy atom. The smallest absolute Gasteiger partial charge is 0.335 e. The molecule has 6 rings (SSSR count). The summed E-state index contributed by atoms with van der Waals surface area (Å²) in [6, 6.07) is 30.7. The normalized spacial score (nSPS) is 12.0. The number of aromatic carboxylic acids is 1. The quantitative estimate of drug-likeness (QED) is 0.226. The molecule has 0 aliphatic heterocycles. The standard InChI is InChI=1S/C34H26FN3O3/c1-21(25-14-13-23-5-2-3-6-26(23)15-25)32-36-20-30-17-28(27-7-4-8-29(35)16-27)18-31(38(30)32)33(39)37-19-22-9-11-24(12-10-22)34(40)41/h2-18,20-21H,19H2,1H3,(H,37,39)(H,40,41)/t21-/m0/s1. The molecule has 202 valence electrons. The van der Waals surface area contributed by atoms with Gasteiger partial charge in [-0.2, -0.15) is 0 Å². The fourth-order valence-electron chi connectivity index (χ4n) is 5.13. The van der Waals surface area contributed by atoms with E-state index in [2.05, 4.69) is 42.6 Å². The maximum Gasteiger partial charge on any atom is 0.335 e. The van der Waals surface area contributed by atoms with E-state index in [0.717, 1.165) is 21.9 Å². The molecular formula is C34H26FN3O3. The van der Waals surface area contributed by atoms with E-state index in [1.807, 2.05) is 22.6 Å². The van der Waals surface area contributed by atoms with Gasteiger partial charge in [0.15, 0.2) is 0 Å². The maximum atomic E-state index is 14.1. The van der Waals surface area contributed by atoms with Crippen molar-refractivity contribution in [3.63, 3.8) is 0 Å². The molecule has 6 nitrogen and oxygen atoms in total. The molecule has 0 saturated carbocycles. The number of carbonyl (C=O) groups is 2. The summed E-state index contributed by atoms with van der Waals surface area (Å²) < 4.78 is 15.9. The van der Waals surface area contributed by atoms with Crippen LogP contribution in [0.4, 0.5) is 4.39 Å². The molecule has 0 radical (unpaired) electrons. The second kappa shape index (κ2) is 10.7. The molecule has 0 unspecified atom stereocenters. The molecule has 2 aromatic heterocycles. The average Bonchev–Trinajstić information content (AvgIpc) is 3.43. The number of hydrogen-bond acceptors (Lipinski definition) is 3. The van der Waals surface area contributed by atoms with Gasteiger partial charge in [0, 0.05) is 12.5 Å². The van der Waals surface area contributed by atoms with Gasteiger partial charge in [-0.1, -0.05) is 73.7 Å². The van der Waals surface area contributed by atoms with Gasteiger partial charge in [0.2, 0.25) is 0 Å². The summed E-state index contributed by atoms with van der Waals surface area (Å²) in [6.45, 7) is 2.26. The van der Waals surface area contributed by atoms with Crippen LogP contribution in [0.3, 0.4) is 0 Å². The lowest BCUT2D eigenvalue weighted by Crippen LogP contribution is -2.26. The number of rotatable bonds is 7. The number of imidazole rings is 1. The summed E-state index contributed by atoms with van der Waals surface area (Å²) in [4.78, 5) is 29.6. The Balaban J connectivity index is 1.41. The van der Waals surface area contributed by atoms with Gasteiger partial charge in [-0.15, -0.1) is 0 Å². The third-order valence-corrected chi connectivity index (χ3v) is 7.36. The zero-order chi connectivity index (χ0) is 28.5. The average molecular weight is 544 g/mol. The van der Waals surface area contributed by atoms with E-state index in [0.29, 0.717) is 28.2 Å². The first-order chi connectivity index (χ1) is 19.9. The van der Waals surface area contributed by atoms with Crippen molar-refractivity contribution >= 4 is 28.2 Å². The number of amides is 1. The van der Waals surface area contributed by atoms with Crippen molar-refractivity contribution in [2.24, 2.45) is 0 Å². The lowest BCUT2D eigenvalue weighted by Gasteiger charge is -2.16. The van der Waals surface area contributed by atoms with E-state index in [1.54, 1.807) is 36.5 Å². The number of hydrogen-bond donors (Lipinski definition) is 2. The molecule has 0 bridgehead atoms. The molecule has 2 heterocycles. The molecule has 7 heteroatoms. The van der Waals surface area contributed by atoms with Gasteiger partial charge in [-0.05, 0) is 69.4 Å². The minimum Gasteiger partial charge on any atom is -0.478 e. The Labute approximate surface area is 235 Å². The first kappa shape index (κ1) is 26.0. The van der Waals surface area contributed by atoms with Gasteiger partial charge in [0.25, 0.3) is 5.91 Å². The summed E-state index contributed by atoms with van der Waals surface area (Å²) in [5.74, 6) is -1.13. The molecule has 0 saturated heterocycles. The molecule has 0 aliphatic rings. The lowest BCUT2D eigenvalue weighted by atomic mass is 9.97. The number of carboxylic acids is 1. The van der Waals surface area contributed by atoms with Crippen molar-refractivity contribution in [3.8, 4) is 11.1 Å². The van der Waals surface area contributed by atoms with Gasteiger partial charge >= 0.3 is 5.97 Å². The highest BCUT2D eigenvalue weighted by molar-refractivity contribution is 5.95. The van der Waals surface area contributed by atoms with Crippen LogP contribution in [0.2, 0.25) is 0 Å². The number of nitrogens with zero attached hydrogens (tertiary/aromatic N) is 2. The molecule has 1 atom stereocenters. The third kappa shape index (κ3) is 5.17. The summed E-state index contributed by atoms with van der Waals surface area (Å²) in [7, 11) is 0. The van der Waals surface area contributed by atoms with Gasteiger partial charge in [-0.3, -0.25) is 9.20 Å². The molecule has 41 heavy (non-hydrogen) atoms. The van der Waals surface area contributed by atoms with Crippen molar-refractivity contribution in [3.05, 3.63) is 143 Å². The van der Waals surface area contributed by atoms with Crippen LogP contribution in [-0.2, 0) is 6.54 Å². The van der Waals surface area contributed by atoms with Crippen LogP contribution in [0, 0.1) is 5.82 Å².